The lowest BCUT2D eigenvalue weighted by Gasteiger charge is -2.10. The Bertz CT molecular complexity index is 591. The van der Waals surface area contributed by atoms with E-state index in [4.69, 9.17) is 0 Å². The highest BCUT2D eigenvalue weighted by molar-refractivity contribution is 5.27. The van der Waals surface area contributed by atoms with E-state index < -0.39 is 17.6 Å². The second kappa shape index (κ2) is 5.58. The molecular formula is C12H12F4N4. The lowest BCUT2D eigenvalue weighted by molar-refractivity contribution is -0.140. The third-order valence-corrected chi connectivity index (χ3v) is 2.75. The smallest absolute Gasteiger partial charge is 0.320 e. The van der Waals surface area contributed by atoms with Crippen molar-refractivity contribution in [3.8, 4) is 0 Å². The van der Waals surface area contributed by atoms with E-state index in [1.165, 1.54) is 12.4 Å². The molecule has 0 unspecified atom stereocenters. The summed E-state index contributed by atoms with van der Waals surface area (Å²) in [6.07, 6.45) is -3.17. The van der Waals surface area contributed by atoms with E-state index in [0.717, 1.165) is 12.1 Å². The third kappa shape index (κ3) is 3.32. The molecule has 1 aromatic heterocycles. The van der Waals surface area contributed by atoms with Gasteiger partial charge in [0.2, 0.25) is 0 Å². The van der Waals surface area contributed by atoms with Crippen molar-refractivity contribution in [2.45, 2.75) is 19.3 Å². The first-order valence-corrected chi connectivity index (χ1v) is 5.77. The molecule has 0 radical (unpaired) electrons. The largest absolute Gasteiger partial charge is 0.419 e. The molecule has 4 nitrogen and oxygen atoms in total. The lowest BCUT2D eigenvalue weighted by Crippen LogP contribution is -2.17. The number of aryl methyl sites for hydroxylation is 1. The summed E-state index contributed by atoms with van der Waals surface area (Å²) in [4.78, 5) is 0. The van der Waals surface area contributed by atoms with E-state index >= 15 is 0 Å². The quantitative estimate of drug-likeness (QED) is 0.878. The normalized spacial score (nSPS) is 11.8. The molecule has 0 spiro atoms. The van der Waals surface area contributed by atoms with Gasteiger partial charge in [-0.3, -0.25) is 0 Å². The Morgan fingerprint density at radius 1 is 1.25 bits per heavy atom. The number of hydrogen-bond donors (Lipinski definition) is 1. The fourth-order valence-electron chi connectivity index (χ4n) is 1.69. The molecule has 0 atom stereocenters. The number of rotatable bonds is 4. The summed E-state index contributed by atoms with van der Waals surface area (Å²) in [5.41, 5.74) is -0.906. The summed E-state index contributed by atoms with van der Waals surface area (Å²) in [7, 11) is 1.76. The zero-order valence-electron chi connectivity index (χ0n) is 10.6. The Kier molecular flexibility index (Phi) is 4.03. The minimum atomic E-state index is -4.69. The Hall–Kier alpha value is -1.96. The molecule has 0 amide bonds. The van der Waals surface area contributed by atoms with E-state index in [0.29, 0.717) is 17.9 Å². The molecule has 0 aliphatic carbocycles. The average Bonchev–Trinajstić information content (AvgIpc) is 2.76. The molecule has 20 heavy (non-hydrogen) atoms. The summed E-state index contributed by atoms with van der Waals surface area (Å²) in [6.45, 7) is 0.533. The van der Waals surface area contributed by atoms with Crippen LogP contribution >= 0.6 is 0 Å². The molecule has 0 aliphatic heterocycles. The van der Waals surface area contributed by atoms with Crippen LogP contribution < -0.4 is 5.32 Å². The highest BCUT2D eigenvalue weighted by Gasteiger charge is 2.34. The highest BCUT2D eigenvalue weighted by atomic mass is 19.4. The lowest BCUT2D eigenvalue weighted by atomic mass is 10.1. The first kappa shape index (κ1) is 14.4. The minimum Gasteiger partial charge on any atom is -0.320 e. The zero-order chi connectivity index (χ0) is 14.8. The van der Waals surface area contributed by atoms with Gasteiger partial charge in [-0.25, -0.2) is 4.39 Å². The van der Waals surface area contributed by atoms with Gasteiger partial charge >= 0.3 is 6.18 Å². The van der Waals surface area contributed by atoms with Crippen molar-refractivity contribution in [2.24, 2.45) is 7.05 Å². The molecule has 2 aromatic rings. The predicted molar refractivity (Wildman–Crippen MR) is 62.9 cm³/mol. The van der Waals surface area contributed by atoms with Crippen LogP contribution in [0.2, 0.25) is 0 Å². The van der Waals surface area contributed by atoms with Gasteiger partial charge in [0.25, 0.3) is 0 Å². The summed E-state index contributed by atoms with van der Waals surface area (Å²) in [6, 6.07) is 2.94. The Morgan fingerprint density at radius 3 is 2.60 bits per heavy atom. The number of benzene rings is 1. The highest BCUT2D eigenvalue weighted by Crippen LogP contribution is 2.31. The third-order valence-electron chi connectivity index (χ3n) is 2.75. The molecule has 1 aromatic carbocycles. The van der Waals surface area contributed by atoms with Gasteiger partial charge in [-0.1, -0.05) is 6.07 Å². The van der Waals surface area contributed by atoms with Crippen molar-refractivity contribution < 1.29 is 17.6 Å². The maximum Gasteiger partial charge on any atom is 0.419 e. The van der Waals surface area contributed by atoms with Crippen molar-refractivity contribution in [3.05, 3.63) is 47.3 Å². The standard InChI is InChI=1S/C12H12F4N4/c1-20-7-18-19-11(20)6-17-5-8-2-3-10(13)9(4-8)12(14,15)16/h2-4,7,17H,5-6H2,1H3. The van der Waals surface area contributed by atoms with Crippen molar-refractivity contribution in [1.29, 1.82) is 0 Å². The maximum atomic E-state index is 13.1. The fraction of sp³-hybridized carbons (Fsp3) is 0.333. The van der Waals surface area contributed by atoms with Crippen LogP contribution in [0.15, 0.2) is 24.5 Å². The van der Waals surface area contributed by atoms with Crippen molar-refractivity contribution in [2.75, 3.05) is 0 Å². The van der Waals surface area contributed by atoms with Crippen LogP contribution in [0.4, 0.5) is 17.6 Å². The van der Waals surface area contributed by atoms with Gasteiger partial charge in [0.1, 0.15) is 18.0 Å². The molecule has 2 rings (SSSR count). The molecule has 108 valence electrons. The topological polar surface area (TPSA) is 42.7 Å². The molecule has 0 bridgehead atoms. The Labute approximate surface area is 112 Å². The maximum absolute atomic E-state index is 13.1. The van der Waals surface area contributed by atoms with E-state index in [9.17, 15) is 17.6 Å². The zero-order valence-corrected chi connectivity index (χ0v) is 10.6. The van der Waals surface area contributed by atoms with Gasteiger partial charge in [-0.05, 0) is 17.7 Å². The number of aromatic nitrogens is 3. The number of hydrogen-bond acceptors (Lipinski definition) is 3. The minimum absolute atomic E-state index is 0.177. The second-order valence-corrected chi connectivity index (χ2v) is 4.27. The Balaban J connectivity index is 2.02. The van der Waals surface area contributed by atoms with Crippen LogP contribution in [0.5, 0.6) is 0 Å². The summed E-state index contributed by atoms with van der Waals surface area (Å²) in [5.74, 6) is -0.613. The number of nitrogens with one attached hydrogen (secondary N) is 1. The van der Waals surface area contributed by atoms with Crippen LogP contribution in [0.1, 0.15) is 17.0 Å². The molecule has 0 saturated carbocycles. The van der Waals surface area contributed by atoms with E-state index in [1.54, 1.807) is 11.6 Å². The first-order valence-electron chi connectivity index (χ1n) is 5.77. The van der Waals surface area contributed by atoms with Crippen molar-refractivity contribution in [1.82, 2.24) is 20.1 Å². The number of alkyl halides is 3. The van der Waals surface area contributed by atoms with E-state index in [2.05, 4.69) is 15.5 Å². The first-order chi connectivity index (χ1) is 9.38. The number of halogens is 4. The summed E-state index contributed by atoms with van der Waals surface area (Å²) >= 11 is 0. The molecule has 0 aliphatic rings. The molecule has 0 saturated heterocycles. The van der Waals surface area contributed by atoms with Crippen LogP contribution in [-0.4, -0.2) is 14.8 Å². The van der Waals surface area contributed by atoms with Crippen LogP contribution in [0.25, 0.3) is 0 Å². The average molecular weight is 288 g/mol. The second-order valence-electron chi connectivity index (χ2n) is 4.27. The Morgan fingerprint density at radius 2 is 2.00 bits per heavy atom. The molecule has 0 fully saturated rings. The van der Waals surface area contributed by atoms with Crippen LogP contribution in [0, 0.1) is 5.82 Å². The monoisotopic (exact) mass is 288 g/mol. The SMILES string of the molecule is Cn1cnnc1CNCc1ccc(F)c(C(F)(F)F)c1. The fourth-order valence-corrected chi connectivity index (χ4v) is 1.69. The molecule has 8 heteroatoms. The summed E-state index contributed by atoms with van der Waals surface area (Å²) < 4.78 is 52.4. The van der Waals surface area contributed by atoms with E-state index in [-0.39, 0.29) is 6.54 Å². The predicted octanol–water partition coefficient (Wildman–Crippen LogP) is 2.26. The van der Waals surface area contributed by atoms with Gasteiger partial charge in [0.05, 0.1) is 12.1 Å². The summed E-state index contributed by atoms with van der Waals surface area (Å²) in [5, 5.41) is 10.4. The van der Waals surface area contributed by atoms with Gasteiger partial charge in [-0.15, -0.1) is 10.2 Å². The molecule has 1 heterocycles. The van der Waals surface area contributed by atoms with E-state index in [1.807, 2.05) is 0 Å². The van der Waals surface area contributed by atoms with Crippen LogP contribution in [0.3, 0.4) is 0 Å². The van der Waals surface area contributed by atoms with Crippen molar-refractivity contribution >= 4 is 0 Å². The van der Waals surface area contributed by atoms with Gasteiger partial charge in [0.15, 0.2) is 0 Å². The van der Waals surface area contributed by atoms with Crippen molar-refractivity contribution in [3.63, 3.8) is 0 Å². The molecular weight excluding hydrogens is 276 g/mol. The molecule has 1 N–H and O–H groups in total. The number of nitrogens with zero attached hydrogens (tertiary/aromatic N) is 3. The van der Waals surface area contributed by atoms with Crippen LogP contribution in [-0.2, 0) is 26.3 Å². The van der Waals surface area contributed by atoms with Gasteiger partial charge < -0.3 is 9.88 Å². The van der Waals surface area contributed by atoms with Gasteiger partial charge in [-0.2, -0.15) is 13.2 Å². The van der Waals surface area contributed by atoms with Gasteiger partial charge in [0, 0.05) is 13.6 Å².